The van der Waals surface area contributed by atoms with Crippen molar-refractivity contribution < 1.29 is 9.90 Å². The predicted molar refractivity (Wildman–Crippen MR) is 53.5 cm³/mol. The van der Waals surface area contributed by atoms with Gasteiger partial charge >= 0.3 is 5.97 Å². The van der Waals surface area contributed by atoms with Crippen LogP contribution in [0.4, 0.5) is 0 Å². The minimum atomic E-state index is -1.01. The first-order valence-corrected chi connectivity index (χ1v) is 4.94. The zero-order valence-electron chi connectivity index (χ0n) is 8.84. The summed E-state index contributed by atoms with van der Waals surface area (Å²) in [5, 5.41) is 8.98. The normalized spacial score (nSPS) is 15.8. The summed E-state index contributed by atoms with van der Waals surface area (Å²) in [6, 6.07) is 0. The Morgan fingerprint density at radius 1 is 1.54 bits per heavy atom. The van der Waals surface area contributed by atoms with Crippen LogP contribution in [0.3, 0.4) is 0 Å². The summed E-state index contributed by atoms with van der Waals surface area (Å²) in [6.45, 7) is 6.03. The average molecular weight is 187 g/mol. The topological polar surface area (TPSA) is 63.3 Å². The highest BCUT2D eigenvalue weighted by molar-refractivity contribution is 5.78. The molecule has 0 bridgehead atoms. The lowest BCUT2D eigenvalue weighted by atomic mass is 9.85. The Morgan fingerprint density at radius 2 is 2.08 bits per heavy atom. The predicted octanol–water partition coefficient (Wildman–Crippen LogP) is 2.00. The lowest BCUT2D eigenvalue weighted by Crippen LogP contribution is -2.48. The van der Waals surface area contributed by atoms with Gasteiger partial charge in [0.1, 0.15) is 5.54 Å². The Hall–Kier alpha value is -0.570. The van der Waals surface area contributed by atoms with Crippen LogP contribution in [0.25, 0.3) is 0 Å². The molecule has 1 atom stereocenters. The van der Waals surface area contributed by atoms with Crippen molar-refractivity contribution in [2.24, 2.45) is 11.7 Å². The standard InChI is InChI=1S/C10H21NO2/c1-4-5-6-10(11,9(12)13)7-8(2)3/h8H,4-7,11H2,1-3H3,(H,12,13)/t10-/m0/s1. The number of carbonyl (C=O) groups is 1. The van der Waals surface area contributed by atoms with E-state index < -0.39 is 11.5 Å². The maximum Gasteiger partial charge on any atom is 0.323 e. The number of nitrogens with two attached hydrogens (primary N) is 1. The molecule has 0 aliphatic heterocycles. The molecule has 0 unspecified atom stereocenters. The molecule has 78 valence electrons. The number of carboxylic acids is 1. The monoisotopic (exact) mass is 187 g/mol. The van der Waals surface area contributed by atoms with Gasteiger partial charge in [0.25, 0.3) is 0 Å². The van der Waals surface area contributed by atoms with Gasteiger partial charge in [-0.2, -0.15) is 0 Å². The molecule has 0 spiro atoms. The van der Waals surface area contributed by atoms with Crippen LogP contribution in [0, 0.1) is 5.92 Å². The van der Waals surface area contributed by atoms with Crippen molar-refractivity contribution in [3.63, 3.8) is 0 Å². The highest BCUT2D eigenvalue weighted by atomic mass is 16.4. The van der Waals surface area contributed by atoms with Crippen molar-refractivity contribution in [1.29, 1.82) is 0 Å². The summed E-state index contributed by atoms with van der Waals surface area (Å²) in [5.41, 5.74) is 4.82. The van der Waals surface area contributed by atoms with Gasteiger partial charge in [-0.25, -0.2) is 0 Å². The zero-order chi connectivity index (χ0) is 10.5. The van der Waals surface area contributed by atoms with E-state index in [1.54, 1.807) is 0 Å². The average Bonchev–Trinajstić information content (AvgIpc) is 1.99. The number of unbranched alkanes of at least 4 members (excludes halogenated alkanes) is 1. The lowest BCUT2D eigenvalue weighted by Gasteiger charge is -2.26. The fraction of sp³-hybridized carbons (Fsp3) is 0.900. The molecule has 0 rings (SSSR count). The van der Waals surface area contributed by atoms with Crippen LogP contribution in [0.1, 0.15) is 46.5 Å². The number of hydrogen-bond donors (Lipinski definition) is 2. The van der Waals surface area contributed by atoms with E-state index in [2.05, 4.69) is 0 Å². The van der Waals surface area contributed by atoms with Crippen LogP contribution in [-0.2, 0) is 4.79 Å². The van der Waals surface area contributed by atoms with Gasteiger partial charge in [-0.1, -0.05) is 33.6 Å². The van der Waals surface area contributed by atoms with E-state index in [-0.39, 0.29) is 0 Å². The van der Waals surface area contributed by atoms with Crippen LogP contribution < -0.4 is 5.73 Å². The second kappa shape index (κ2) is 5.22. The number of aliphatic carboxylic acids is 1. The van der Waals surface area contributed by atoms with Gasteiger partial charge < -0.3 is 10.8 Å². The van der Waals surface area contributed by atoms with E-state index in [9.17, 15) is 4.79 Å². The zero-order valence-corrected chi connectivity index (χ0v) is 8.84. The third-order valence-electron chi connectivity index (χ3n) is 2.17. The quantitative estimate of drug-likeness (QED) is 0.668. The summed E-state index contributed by atoms with van der Waals surface area (Å²) < 4.78 is 0. The maximum absolute atomic E-state index is 10.9. The smallest absolute Gasteiger partial charge is 0.323 e. The molecule has 0 aromatic carbocycles. The van der Waals surface area contributed by atoms with Crippen molar-refractivity contribution in [2.75, 3.05) is 0 Å². The van der Waals surface area contributed by atoms with Gasteiger partial charge in [-0.3, -0.25) is 4.79 Å². The van der Waals surface area contributed by atoms with Crippen LogP contribution in [0.2, 0.25) is 0 Å². The largest absolute Gasteiger partial charge is 0.480 e. The lowest BCUT2D eigenvalue weighted by molar-refractivity contribution is -0.144. The van der Waals surface area contributed by atoms with Crippen LogP contribution >= 0.6 is 0 Å². The third-order valence-corrected chi connectivity index (χ3v) is 2.17. The number of rotatable bonds is 6. The minimum Gasteiger partial charge on any atom is -0.480 e. The van der Waals surface area contributed by atoms with Crippen molar-refractivity contribution in [2.45, 2.75) is 52.0 Å². The molecule has 13 heavy (non-hydrogen) atoms. The van der Waals surface area contributed by atoms with Gasteiger partial charge in [-0.05, 0) is 18.8 Å². The first kappa shape index (κ1) is 12.4. The first-order chi connectivity index (χ1) is 5.92. The van der Waals surface area contributed by atoms with E-state index >= 15 is 0 Å². The third kappa shape index (κ3) is 4.27. The molecular weight excluding hydrogens is 166 g/mol. The number of carboxylic acid groups (broad SMARTS) is 1. The summed E-state index contributed by atoms with van der Waals surface area (Å²) >= 11 is 0. The van der Waals surface area contributed by atoms with Gasteiger partial charge in [0.15, 0.2) is 0 Å². The van der Waals surface area contributed by atoms with Crippen LogP contribution in [0.15, 0.2) is 0 Å². The first-order valence-electron chi connectivity index (χ1n) is 4.94. The molecule has 0 radical (unpaired) electrons. The molecule has 0 saturated heterocycles. The van der Waals surface area contributed by atoms with E-state index in [0.717, 1.165) is 12.8 Å². The second-order valence-corrected chi connectivity index (χ2v) is 4.16. The summed E-state index contributed by atoms with van der Waals surface area (Å²) in [6.07, 6.45) is 3.01. The molecule has 0 aromatic rings. The highest BCUT2D eigenvalue weighted by Crippen LogP contribution is 2.20. The van der Waals surface area contributed by atoms with Gasteiger partial charge in [0.2, 0.25) is 0 Å². The Labute approximate surface area is 80.3 Å². The van der Waals surface area contributed by atoms with Crippen molar-refractivity contribution >= 4 is 5.97 Å². The van der Waals surface area contributed by atoms with E-state index in [1.165, 1.54) is 0 Å². The fourth-order valence-corrected chi connectivity index (χ4v) is 1.52. The van der Waals surface area contributed by atoms with Crippen molar-refractivity contribution in [3.8, 4) is 0 Å². The van der Waals surface area contributed by atoms with Crippen molar-refractivity contribution in [1.82, 2.24) is 0 Å². The molecule has 0 amide bonds. The maximum atomic E-state index is 10.9. The molecule has 3 N–H and O–H groups in total. The van der Waals surface area contributed by atoms with Crippen LogP contribution in [0.5, 0.6) is 0 Å². The Kier molecular flexibility index (Phi) is 4.99. The highest BCUT2D eigenvalue weighted by Gasteiger charge is 2.33. The molecule has 3 heteroatoms. The van der Waals surface area contributed by atoms with E-state index in [0.29, 0.717) is 18.8 Å². The second-order valence-electron chi connectivity index (χ2n) is 4.16. The number of hydrogen-bond acceptors (Lipinski definition) is 2. The summed E-state index contributed by atoms with van der Waals surface area (Å²) in [5.74, 6) is -0.535. The Morgan fingerprint density at radius 3 is 2.38 bits per heavy atom. The van der Waals surface area contributed by atoms with Gasteiger partial charge in [0.05, 0.1) is 0 Å². The molecule has 0 aliphatic carbocycles. The fourth-order valence-electron chi connectivity index (χ4n) is 1.52. The Balaban J connectivity index is 4.25. The Bertz CT molecular complexity index is 168. The molecule has 0 aliphatic rings. The van der Waals surface area contributed by atoms with Crippen LogP contribution in [-0.4, -0.2) is 16.6 Å². The van der Waals surface area contributed by atoms with E-state index in [4.69, 9.17) is 10.8 Å². The minimum absolute atomic E-state index is 0.331. The molecule has 0 fully saturated rings. The molecule has 0 heterocycles. The molecular formula is C10H21NO2. The molecule has 0 saturated carbocycles. The summed E-state index contributed by atoms with van der Waals surface area (Å²) in [7, 11) is 0. The van der Waals surface area contributed by atoms with E-state index in [1.807, 2.05) is 20.8 Å². The molecule has 3 nitrogen and oxygen atoms in total. The van der Waals surface area contributed by atoms with Gasteiger partial charge in [0, 0.05) is 0 Å². The summed E-state index contributed by atoms with van der Waals surface area (Å²) in [4.78, 5) is 10.9. The van der Waals surface area contributed by atoms with Gasteiger partial charge in [-0.15, -0.1) is 0 Å². The molecule has 0 aromatic heterocycles. The SMILES string of the molecule is CCCC[C@](N)(CC(C)C)C(=O)O. The van der Waals surface area contributed by atoms with Crippen molar-refractivity contribution in [3.05, 3.63) is 0 Å².